The first-order valence-corrected chi connectivity index (χ1v) is 12.4. The highest BCUT2D eigenvalue weighted by Gasteiger charge is 2.25. The highest BCUT2D eigenvalue weighted by Crippen LogP contribution is 2.31. The molecular weight excluding hydrogens is 481 g/mol. The molecule has 38 heavy (non-hydrogen) atoms. The summed E-state index contributed by atoms with van der Waals surface area (Å²) in [6.07, 6.45) is 7.80. The molecule has 1 unspecified atom stereocenters. The average molecular weight is 512 g/mol. The topological polar surface area (TPSA) is 105 Å². The second kappa shape index (κ2) is 10.4. The number of para-hydroxylation sites is 1. The number of benzene rings is 2. The van der Waals surface area contributed by atoms with Crippen molar-refractivity contribution in [3.8, 4) is 5.75 Å². The number of ether oxygens (including phenoxy) is 1. The van der Waals surface area contributed by atoms with Crippen molar-refractivity contribution in [3.05, 3.63) is 96.4 Å². The first kappa shape index (κ1) is 25.0. The van der Waals surface area contributed by atoms with Crippen LogP contribution in [0.5, 0.6) is 5.75 Å². The van der Waals surface area contributed by atoms with E-state index in [1.165, 1.54) is 23.6 Å². The summed E-state index contributed by atoms with van der Waals surface area (Å²) in [5.41, 5.74) is 9.57. The summed E-state index contributed by atoms with van der Waals surface area (Å²) < 4.78 is 22.4. The van der Waals surface area contributed by atoms with Crippen molar-refractivity contribution in [1.82, 2.24) is 14.5 Å². The summed E-state index contributed by atoms with van der Waals surface area (Å²) in [6, 6.07) is 13.1. The van der Waals surface area contributed by atoms with Crippen LogP contribution in [-0.4, -0.2) is 40.0 Å². The summed E-state index contributed by atoms with van der Waals surface area (Å²) in [6.45, 7) is 6.35. The highest BCUT2D eigenvalue weighted by molar-refractivity contribution is 6.09. The molecule has 0 saturated carbocycles. The molecule has 3 heterocycles. The molecule has 0 aliphatic carbocycles. The van der Waals surface area contributed by atoms with Gasteiger partial charge in [-0.1, -0.05) is 37.8 Å². The fourth-order valence-corrected chi connectivity index (χ4v) is 4.87. The van der Waals surface area contributed by atoms with E-state index in [9.17, 15) is 0 Å². The minimum Gasteiger partial charge on any atom is -0.459 e. The van der Waals surface area contributed by atoms with E-state index in [2.05, 4.69) is 45.9 Å². The summed E-state index contributed by atoms with van der Waals surface area (Å²) in [7, 11) is 2.05. The molecule has 8 nitrogen and oxygen atoms in total. The van der Waals surface area contributed by atoms with Gasteiger partial charge in [0.05, 0.1) is 5.52 Å². The largest absolute Gasteiger partial charge is 0.459 e. The zero-order chi connectivity index (χ0) is 26.8. The third-order valence-corrected chi connectivity index (χ3v) is 6.70. The molecule has 0 amide bonds. The number of anilines is 3. The van der Waals surface area contributed by atoms with Crippen LogP contribution in [-0.2, 0) is 6.42 Å². The number of likely N-dealkylation sites (N-methyl/N-ethyl adjacent to an activating group) is 1. The van der Waals surface area contributed by atoms with Crippen LogP contribution in [0.25, 0.3) is 10.9 Å². The minimum absolute atomic E-state index is 0.0408. The lowest BCUT2D eigenvalue weighted by atomic mass is 9.98. The van der Waals surface area contributed by atoms with Crippen LogP contribution in [0, 0.1) is 11.2 Å². The van der Waals surface area contributed by atoms with Crippen LogP contribution >= 0.6 is 0 Å². The van der Waals surface area contributed by atoms with Crippen molar-refractivity contribution in [2.24, 2.45) is 0 Å². The molecule has 4 N–H and O–H groups in total. The second-order valence-electron chi connectivity index (χ2n) is 9.24. The normalized spacial score (nSPS) is 15.3. The molecule has 4 aromatic rings. The van der Waals surface area contributed by atoms with Crippen LogP contribution < -0.4 is 20.7 Å². The number of nitrogen functional groups attached to an aromatic ring is 1. The van der Waals surface area contributed by atoms with E-state index in [1.54, 1.807) is 35.0 Å². The lowest BCUT2D eigenvalue weighted by molar-refractivity contribution is 0.384. The number of fused-ring (bicyclic) bond motifs is 2. The number of rotatable bonds is 7. The Bertz CT molecular complexity index is 1560. The van der Waals surface area contributed by atoms with E-state index >= 15 is 4.39 Å². The third-order valence-electron chi connectivity index (χ3n) is 6.70. The average Bonchev–Trinajstić information content (AvgIpc) is 3.31. The molecule has 1 aliphatic heterocycles. The number of nitrogens with one attached hydrogen (secondary N) is 2. The zero-order valence-electron chi connectivity index (χ0n) is 21.4. The van der Waals surface area contributed by atoms with E-state index in [0.29, 0.717) is 29.1 Å². The Kier molecular flexibility index (Phi) is 6.83. The Hall–Kier alpha value is -4.66. The Labute approximate surface area is 220 Å². The fourth-order valence-electron chi connectivity index (χ4n) is 4.87. The van der Waals surface area contributed by atoms with Crippen molar-refractivity contribution >= 4 is 34.1 Å². The first-order valence-electron chi connectivity index (χ1n) is 12.4. The van der Waals surface area contributed by atoms with Gasteiger partial charge in [-0.3, -0.25) is 5.41 Å². The minimum atomic E-state index is -0.534. The Morgan fingerprint density at radius 2 is 2.11 bits per heavy atom. The van der Waals surface area contributed by atoms with Crippen molar-refractivity contribution in [2.75, 3.05) is 29.5 Å². The predicted molar refractivity (Wildman–Crippen MR) is 151 cm³/mol. The number of aromatic nitrogens is 3. The maximum Gasteiger partial charge on any atom is 0.167 e. The molecule has 0 saturated heterocycles. The lowest BCUT2D eigenvalue weighted by Gasteiger charge is -2.34. The van der Waals surface area contributed by atoms with E-state index < -0.39 is 5.82 Å². The molecule has 0 spiro atoms. The predicted octanol–water partition coefficient (Wildman–Crippen LogP) is 5.36. The highest BCUT2D eigenvalue weighted by atomic mass is 19.1. The van der Waals surface area contributed by atoms with Gasteiger partial charge in [-0.15, -0.1) is 0 Å². The Balaban J connectivity index is 1.46. The lowest BCUT2D eigenvalue weighted by Crippen LogP contribution is -2.41. The summed E-state index contributed by atoms with van der Waals surface area (Å²) in [5.74, 6) is 0.855. The maximum absolute atomic E-state index is 15.1. The quantitative estimate of drug-likeness (QED) is 0.134. The van der Waals surface area contributed by atoms with Crippen LogP contribution in [0.2, 0.25) is 0 Å². The summed E-state index contributed by atoms with van der Waals surface area (Å²) in [5, 5.41) is 13.2. The first-order chi connectivity index (χ1) is 18.4. The van der Waals surface area contributed by atoms with Gasteiger partial charge in [-0.2, -0.15) is 0 Å². The van der Waals surface area contributed by atoms with Crippen LogP contribution in [0.3, 0.4) is 0 Å². The number of hydrogen-bond acceptors (Lipinski definition) is 7. The number of nitrogens with zero attached hydrogens (tertiary/aromatic N) is 4. The maximum atomic E-state index is 15.1. The number of hydrogen-bond donors (Lipinski definition) is 3. The van der Waals surface area contributed by atoms with Gasteiger partial charge in [-0.05, 0) is 36.3 Å². The molecular formula is C29H30FN7O. The SMILES string of the molecule is C=C/C=C(\CC)Oc1cc2ccn(C(=N)c3c(N)ncnc3NC3Cc4ccccc4N(C)C3)c2cc1F. The van der Waals surface area contributed by atoms with E-state index in [0.717, 1.165) is 18.4 Å². The van der Waals surface area contributed by atoms with Gasteiger partial charge in [0.25, 0.3) is 0 Å². The number of halogens is 1. The van der Waals surface area contributed by atoms with Crippen LogP contribution in [0.4, 0.5) is 21.7 Å². The van der Waals surface area contributed by atoms with Gasteiger partial charge < -0.3 is 25.3 Å². The summed E-state index contributed by atoms with van der Waals surface area (Å²) in [4.78, 5) is 10.8. The zero-order valence-corrected chi connectivity index (χ0v) is 21.4. The fraction of sp³-hybridized carbons (Fsp3) is 0.207. The van der Waals surface area contributed by atoms with Gasteiger partial charge >= 0.3 is 0 Å². The molecule has 5 rings (SSSR count). The Morgan fingerprint density at radius 1 is 1.29 bits per heavy atom. The third kappa shape index (κ3) is 4.70. The number of allylic oxidation sites excluding steroid dienone is 3. The van der Waals surface area contributed by atoms with Crippen molar-refractivity contribution < 1.29 is 9.13 Å². The Morgan fingerprint density at radius 3 is 2.89 bits per heavy atom. The van der Waals surface area contributed by atoms with Crippen LogP contribution in [0.1, 0.15) is 24.5 Å². The van der Waals surface area contributed by atoms with Gasteiger partial charge in [0.1, 0.15) is 35.1 Å². The molecule has 194 valence electrons. The molecule has 2 aromatic carbocycles. The molecule has 1 atom stereocenters. The van der Waals surface area contributed by atoms with E-state index in [-0.39, 0.29) is 23.4 Å². The smallest absolute Gasteiger partial charge is 0.167 e. The number of nitrogens with two attached hydrogens (primary N) is 1. The van der Waals surface area contributed by atoms with Crippen molar-refractivity contribution in [3.63, 3.8) is 0 Å². The van der Waals surface area contributed by atoms with Gasteiger partial charge in [0.2, 0.25) is 0 Å². The van der Waals surface area contributed by atoms with Crippen molar-refractivity contribution in [1.29, 1.82) is 5.41 Å². The molecule has 1 aliphatic rings. The monoisotopic (exact) mass is 511 g/mol. The standard InChI is InChI=1S/C29H30FN7O/c1-4-8-21(5-2)38-25-14-19-11-12-37(24(19)15-22(25)30)28(32)26-27(31)33-17-34-29(26)35-20-13-18-9-6-7-10-23(18)36(3)16-20/h4,6-12,14-15,17,20,32H,1,5,13,16H2,2-3H3,(H3,31,33,34,35)/b21-8+,32-28?. The van der Waals surface area contributed by atoms with E-state index in [4.69, 9.17) is 15.9 Å². The molecule has 9 heteroatoms. The molecule has 0 bridgehead atoms. The van der Waals surface area contributed by atoms with Crippen LogP contribution in [0.15, 0.2) is 79.5 Å². The summed E-state index contributed by atoms with van der Waals surface area (Å²) >= 11 is 0. The van der Waals surface area contributed by atoms with Gasteiger partial charge in [0, 0.05) is 49.4 Å². The van der Waals surface area contributed by atoms with Gasteiger partial charge in [0.15, 0.2) is 11.6 Å². The van der Waals surface area contributed by atoms with Crippen molar-refractivity contribution in [2.45, 2.75) is 25.8 Å². The molecule has 0 fully saturated rings. The second-order valence-corrected chi connectivity index (χ2v) is 9.24. The van der Waals surface area contributed by atoms with E-state index in [1.807, 2.05) is 19.1 Å². The molecule has 2 aromatic heterocycles. The van der Waals surface area contributed by atoms with Gasteiger partial charge in [-0.25, -0.2) is 14.4 Å². The molecule has 0 radical (unpaired) electrons.